The van der Waals surface area contributed by atoms with Crippen molar-refractivity contribution in [1.82, 2.24) is 0 Å². The van der Waals surface area contributed by atoms with Crippen molar-refractivity contribution < 1.29 is 9.90 Å². The van der Waals surface area contributed by atoms with Crippen LogP contribution in [0.25, 0.3) is 17.2 Å². The Morgan fingerprint density at radius 3 is 2.52 bits per heavy atom. The number of thioether (sulfide) groups is 1. The number of benzene rings is 2. The van der Waals surface area contributed by atoms with Crippen LogP contribution in [0.1, 0.15) is 17.5 Å². The second-order valence-electron chi connectivity index (χ2n) is 5.19. The van der Waals surface area contributed by atoms with Crippen LogP contribution in [0.5, 0.6) is 0 Å². The minimum Gasteiger partial charge on any atom is -0.478 e. The molecule has 0 aromatic heterocycles. The molecule has 0 fully saturated rings. The highest BCUT2D eigenvalue weighted by Crippen LogP contribution is 2.33. The second-order valence-corrected chi connectivity index (χ2v) is 6.33. The standard InChI is InChI=1S/C18H16O2S/c1-12-2-4-13(5-3-12)14-6-7-17-16(10-14)11-15(18(19)20)8-9-21-17/h2-7,10-11H,8-9H2,1H3,(H,19,20). The molecule has 0 unspecified atom stereocenters. The van der Waals surface area contributed by atoms with E-state index in [2.05, 4.69) is 49.4 Å². The highest BCUT2D eigenvalue weighted by molar-refractivity contribution is 7.99. The first-order chi connectivity index (χ1) is 10.1. The molecule has 2 aromatic rings. The van der Waals surface area contributed by atoms with Gasteiger partial charge >= 0.3 is 5.97 Å². The summed E-state index contributed by atoms with van der Waals surface area (Å²) in [7, 11) is 0. The van der Waals surface area contributed by atoms with E-state index in [1.807, 2.05) is 6.08 Å². The van der Waals surface area contributed by atoms with Crippen LogP contribution in [0.15, 0.2) is 52.9 Å². The second kappa shape index (κ2) is 5.78. The molecule has 0 saturated heterocycles. The van der Waals surface area contributed by atoms with Crippen molar-refractivity contribution in [1.29, 1.82) is 0 Å². The fraction of sp³-hybridized carbons (Fsp3) is 0.167. The summed E-state index contributed by atoms with van der Waals surface area (Å²) in [6, 6.07) is 14.7. The topological polar surface area (TPSA) is 37.3 Å². The van der Waals surface area contributed by atoms with Crippen molar-refractivity contribution in [2.45, 2.75) is 18.2 Å². The van der Waals surface area contributed by atoms with Gasteiger partial charge in [0.2, 0.25) is 0 Å². The van der Waals surface area contributed by atoms with Gasteiger partial charge in [-0.2, -0.15) is 0 Å². The van der Waals surface area contributed by atoms with Crippen LogP contribution < -0.4 is 0 Å². The normalized spacial score (nSPS) is 14.0. The van der Waals surface area contributed by atoms with Crippen LogP contribution in [-0.2, 0) is 4.79 Å². The van der Waals surface area contributed by atoms with E-state index < -0.39 is 5.97 Å². The van der Waals surface area contributed by atoms with Crippen molar-refractivity contribution in [3.8, 4) is 11.1 Å². The first-order valence-electron chi connectivity index (χ1n) is 6.91. The summed E-state index contributed by atoms with van der Waals surface area (Å²) < 4.78 is 0. The van der Waals surface area contributed by atoms with E-state index in [1.165, 1.54) is 5.56 Å². The van der Waals surface area contributed by atoms with Crippen LogP contribution in [0.4, 0.5) is 0 Å². The van der Waals surface area contributed by atoms with Crippen molar-refractivity contribution in [3.05, 3.63) is 59.2 Å². The lowest BCUT2D eigenvalue weighted by Crippen LogP contribution is -2.00. The van der Waals surface area contributed by atoms with Crippen molar-refractivity contribution in [3.63, 3.8) is 0 Å². The van der Waals surface area contributed by atoms with E-state index in [0.29, 0.717) is 12.0 Å². The average Bonchev–Trinajstić information content (AvgIpc) is 2.69. The molecule has 2 aromatic carbocycles. The summed E-state index contributed by atoms with van der Waals surface area (Å²) in [5.74, 6) is -0.00107. The Bertz CT molecular complexity index is 714. The number of hydrogen-bond acceptors (Lipinski definition) is 2. The highest BCUT2D eigenvalue weighted by atomic mass is 32.2. The maximum absolute atomic E-state index is 11.2. The Kier molecular flexibility index (Phi) is 3.84. The smallest absolute Gasteiger partial charge is 0.331 e. The van der Waals surface area contributed by atoms with Gasteiger partial charge in [0, 0.05) is 16.2 Å². The zero-order valence-electron chi connectivity index (χ0n) is 11.8. The molecule has 1 aliphatic heterocycles. The molecule has 0 aliphatic carbocycles. The molecule has 0 amide bonds. The van der Waals surface area contributed by atoms with Gasteiger partial charge in [-0.25, -0.2) is 4.79 Å². The summed E-state index contributed by atoms with van der Waals surface area (Å²) in [5, 5.41) is 9.23. The van der Waals surface area contributed by atoms with E-state index in [4.69, 9.17) is 0 Å². The van der Waals surface area contributed by atoms with E-state index in [1.54, 1.807) is 11.8 Å². The zero-order chi connectivity index (χ0) is 14.8. The Morgan fingerprint density at radius 2 is 1.81 bits per heavy atom. The summed E-state index contributed by atoms with van der Waals surface area (Å²) in [6.45, 7) is 2.07. The third kappa shape index (κ3) is 3.03. The van der Waals surface area contributed by atoms with Crippen LogP contribution in [0, 0.1) is 6.92 Å². The lowest BCUT2D eigenvalue weighted by atomic mass is 10.0. The maximum Gasteiger partial charge on any atom is 0.331 e. The van der Waals surface area contributed by atoms with Gasteiger partial charge in [-0.05, 0) is 48.2 Å². The quantitative estimate of drug-likeness (QED) is 0.878. The van der Waals surface area contributed by atoms with Crippen LogP contribution in [0.3, 0.4) is 0 Å². The Balaban J connectivity index is 2.05. The first-order valence-corrected chi connectivity index (χ1v) is 7.90. The van der Waals surface area contributed by atoms with Crippen molar-refractivity contribution in [2.24, 2.45) is 0 Å². The Morgan fingerprint density at radius 1 is 1.10 bits per heavy atom. The fourth-order valence-electron chi connectivity index (χ4n) is 2.42. The fourth-order valence-corrected chi connectivity index (χ4v) is 3.41. The highest BCUT2D eigenvalue weighted by Gasteiger charge is 2.14. The molecule has 0 bridgehead atoms. The Hall–Kier alpha value is -2.00. The molecule has 1 aliphatic rings. The molecule has 0 atom stereocenters. The summed E-state index contributed by atoms with van der Waals surface area (Å²) in [4.78, 5) is 12.4. The van der Waals surface area contributed by atoms with E-state index in [9.17, 15) is 9.90 Å². The molecule has 1 heterocycles. The van der Waals surface area contributed by atoms with Gasteiger partial charge in [-0.1, -0.05) is 35.9 Å². The summed E-state index contributed by atoms with van der Waals surface area (Å²) >= 11 is 1.72. The largest absolute Gasteiger partial charge is 0.478 e. The molecule has 1 N–H and O–H groups in total. The third-order valence-electron chi connectivity index (χ3n) is 3.63. The number of aliphatic carboxylic acids is 1. The molecular weight excluding hydrogens is 280 g/mol. The van der Waals surface area contributed by atoms with Crippen molar-refractivity contribution in [2.75, 3.05) is 5.75 Å². The lowest BCUT2D eigenvalue weighted by molar-refractivity contribution is -0.132. The SMILES string of the molecule is Cc1ccc(-c2ccc3c(c2)C=C(C(=O)O)CCS3)cc1. The van der Waals surface area contributed by atoms with Crippen molar-refractivity contribution >= 4 is 23.8 Å². The molecule has 2 nitrogen and oxygen atoms in total. The number of carboxylic acids is 1. The Labute approximate surface area is 128 Å². The minimum absolute atomic E-state index is 0.488. The predicted octanol–water partition coefficient (Wildman–Crippen LogP) is 4.63. The monoisotopic (exact) mass is 296 g/mol. The van der Waals surface area contributed by atoms with Gasteiger partial charge < -0.3 is 5.11 Å². The molecule has 0 saturated carbocycles. The molecular formula is C18H16O2S. The summed E-state index contributed by atoms with van der Waals surface area (Å²) in [5.41, 5.74) is 5.01. The van der Waals surface area contributed by atoms with Gasteiger partial charge in [0.15, 0.2) is 0 Å². The van der Waals surface area contributed by atoms with E-state index >= 15 is 0 Å². The van der Waals surface area contributed by atoms with Crippen LogP contribution in [-0.4, -0.2) is 16.8 Å². The lowest BCUT2D eigenvalue weighted by Gasteiger charge is -2.07. The number of aryl methyl sites for hydroxylation is 1. The molecule has 0 spiro atoms. The van der Waals surface area contributed by atoms with Gasteiger partial charge in [0.1, 0.15) is 0 Å². The third-order valence-corrected chi connectivity index (χ3v) is 4.72. The van der Waals surface area contributed by atoms with Gasteiger partial charge in [0.05, 0.1) is 0 Å². The molecule has 21 heavy (non-hydrogen) atoms. The molecule has 3 heteroatoms. The van der Waals surface area contributed by atoms with Gasteiger partial charge in [-0.3, -0.25) is 0 Å². The van der Waals surface area contributed by atoms with E-state index in [0.717, 1.165) is 27.3 Å². The van der Waals surface area contributed by atoms with Gasteiger partial charge in [0.25, 0.3) is 0 Å². The number of carboxylic acid groups (broad SMARTS) is 1. The molecule has 106 valence electrons. The number of carbonyl (C=O) groups is 1. The first kappa shape index (κ1) is 14.0. The van der Waals surface area contributed by atoms with E-state index in [-0.39, 0.29) is 0 Å². The maximum atomic E-state index is 11.2. The number of fused-ring (bicyclic) bond motifs is 1. The number of hydrogen-bond donors (Lipinski definition) is 1. The minimum atomic E-state index is -0.816. The summed E-state index contributed by atoms with van der Waals surface area (Å²) in [6.07, 6.45) is 2.42. The zero-order valence-corrected chi connectivity index (χ0v) is 12.6. The van der Waals surface area contributed by atoms with Crippen LogP contribution >= 0.6 is 11.8 Å². The number of rotatable bonds is 2. The van der Waals surface area contributed by atoms with Crippen LogP contribution in [0.2, 0.25) is 0 Å². The predicted molar refractivity (Wildman–Crippen MR) is 87.6 cm³/mol. The van der Waals surface area contributed by atoms with Gasteiger partial charge in [-0.15, -0.1) is 11.8 Å². The molecule has 0 radical (unpaired) electrons. The average molecular weight is 296 g/mol. The molecule has 3 rings (SSSR count).